The fourth-order valence-corrected chi connectivity index (χ4v) is 2.69. The summed E-state index contributed by atoms with van der Waals surface area (Å²) in [6.45, 7) is 0.768. The summed E-state index contributed by atoms with van der Waals surface area (Å²) in [5.41, 5.74) is 1.26. The zero-order chi connectivity index (χ0) is 14.8. The van der Waals surface area contributed by atoms with E-state index in [0.717, 1.165) is 13.0 Å². The van der Waals surface area contributed by atoms with Crippen LogP contribution in [0.15, 0.2) is 42.6 Å². The number of aromatic nitrogens is 1. The summed E-state index contributed by atoms with van der Waals surface area (Å²) in [5.74, 6) is 1.64. The van der Waals surface area contributed by atoms with Crippen LogP contribution in [0.1, 0.15) is 17.9 Å². The Labute approximate surface area is 127 Å². The van der Waals surface area contributed by atoms with Crippen molar-refractivity contribution in [1.82, 2.24) is 4.98 Å². The van der Waals surface area contributed by atoms with Crippen molar-refractivity contribution in [2.75, 3.05) is 11.9 Å². The van der Waals surface area contributed by atoms with Crippen molar-refractivity contribution in [3.63, 3.8) is 0 Å². The first kappa shape index (κ1) is 13.8. The van der Waals surface area contributed by atoms with Crippen LogP contribution in [-0.4, -0.2) is 16.5 Å². The standard InChI is InChI=1S/C15H14ClN3O2/c16-14-7-12(19(20)21)9-18-15(14)17-8-11-6-13(11)10-4-2-1-3-5-10/h1-5,7,9,11,13H,6,8H2,(H,17,18). The molecule has 1 heterocycles. The number of rotatable bonds is 5. The Morgan fingerprint density at radius 2 is 2.14 bits per heavy atom. The first-order valence-electron chi connectivity index (χ1n) is 6.74. The van der Waals surface area contributed by atoms with Crippen molar-refractivity contribution in [3.05, 3.63) is 63.3 Å². The Balaban J connectivity index is 1.58. The number of pyridine rings is 1. The van der Waals surface area contributed by atoms with E-state index in [9.17, 15) is 10.1 Å². The Morgan fingerprint density at radius 1 is 1.38 bits per heavy atom. The van der Waals surface area contributed by atoms with Crippen LogP contribution in [0.4, 0.5) is 11.5 Å². The molecule has 2 unspecified atom stereocenters. The van der Waals surface area contributed by atoms with Crippen LogP contribution < -0.4 is 5.32 Å². The summed E-state index contributed by atoms with van der Waals surface area (Å²) in [6.07, 6.45) is 2.36. The zero-order valence-electron chi connectivity index (χ0n) is 11.2. The van der Waals surface area contributed by atoms with Crippen LogP contribution >= 0.6 is 11.6 Å². The highest BCUT2D eigenvalue weighted by Crippen LogP contribution is 2.47. The van der Waals surface area contributed by atoms with Crippen molar-refractivity contribution in [2.45, 2.75) is 12.3 Å². The third-order valence-electron chi connectivity index (χ3n) is 3.72. The van der Waals surface area contributed by atoms with Gasteiger partial charge in [-0.15, -0.1) is 0 Å². The Kier molecular flexibility index (Phi) is 3.75. The summed E-state index contributed by atoms with van der Waals surface area (Å²) in [4.78, 5) is 14.1. The van der Waals surface area contributed by atoms with Crippen molar-refractivity contribution < 1.29 is 4.92 Å². The number of benzene rings is 1. The molecule has 0 amide bonds. The minimum atomic E-state index is -0.505. The maximum Gasteiger partial charge on any atom is 0.289 e. The van der Waals surface area contributed by atoms with E-state index < -0.39 is 4.92 Å². The van der Waals surface area contributed by atoms with Crippen LogP contribution in [0.5, 0.6) is 0 Å². The molecule has 3 rings (SSSR count). The molecular weight excluding hydrogens is 290 g/mol. The molecule has 21 heavy (non-hydrogen) atoms. The Morgan fingerprint density at radius 3 is 2.81 bits per heavy atom. The number of halogens is 1. The molecule has 0 aliphatic heterocycles. The van der Waals surface area contributed by atoms with Crippen LogP contribution in [0, 0.1) is 16.0 Å². The van der Waals surface area contributed by atoms with Gasteiger partial charge in [0.25, 0.3) is 5.69 Å². The third-order valence-corrected chi connectivity index (χ3v) is 4.01. The first-order chi connectivity index (χ1) is 10.1. The molecule has 1 saturated carbocycles. The van der Waals surface area contributed by atoms with Gasteiger partial charge in [-0.1, -0.05) is 41.9 Å². The summed E-state index contributed by atoms with van der Waals surface area (Å²) >= 11 is 6.00. The average molecular weight is 304 g/mol. The number of nitro groups is 1. The number of anilines is 1. The molecule has 1 fully saturated rings. The van der Waals surface area contributed by atoms with Crippen LogP contribution in [0.2, 0.25) is 5.02 Å². The van der Waals surface area contributed by atoms with E-state index in [-0.39, 0.29) is 10.7 Å². The second kappa shape index (κ2) is 5.69. The lowest BCUT2D eigenvalue weighted by Gasteiger charge is -2.07. The quantitative estimate of drug-likeness (QED) is 0.672. The van der Waals surface area contributed by atoms with Gasteiger partial charge in [0.2, 0.25) is 0 Å². The normalized spacial score (nSPS) is 20.0. The highest BCUT2D eigenvalue weighted by molar-refractivity contribution is 6.33. The van der Waals surface area contributed by atoms with E-state index in [0.29, 0.717) is 17.7 Å². The zero-order valence-corrected chi connectivity index (χ0v) is 12.0. The molecule has 1 N–H and O–H groups in total. The van der Waals surface area contributed by atoms with E-state index in [1.54, 1.807) is 0 Å². The average Bonchev–Trinajstić information content (AvgIpc) is 3.26. The second-order valence-electron chi connectivity index (χ2n) is 5.17. The van der Waals surface area contributed by atoms with Crippen LogP contribution in [0.25, 0.3) is 0 Å². The molecule has 0 bridgehead atoms. The number of nitrogens with zero attached hydrogens (tertiary/aromatic N) is 2. The van der Waals surface area contributed by atoms with Gasteiger partial charge in [-0.25, -0.2) is 4.98 Å². The van der Waals surface area contributed by atoms with Gasteiger partial charge >= 0.3 is 0 Å². The molecule has 1 aliphatic rings. The van der Waals surface area contributed by atoms with Crippen LogP contribution in [0.3, 0.4) is 0 Å². The molecule has 1 aromatic carbocycles. The highest BCUT2D eigenvalue weighted by Gasteiger charge is 2.37. The molecular formula is C15H14ClN3O2. The molecule has 0 spiro atoms. The van der Waals surface area contributed by atoms with Gasteiger partial charge in [-0.2, -0.15) is 0 Å². The van der Waals surface area contributed by atoms with Crippen molar-refractivity contribution in [3.8, 4) is 0 Å². The number of hydrogen-bond donors (Lipinski definition) is 1. The second-order valence-corrected chi connectivity index (χ2v) is 5.58. The molecule has 2 atom stereocenters. The van der Waals surface area contributed by atoms with Crippen molar-refractivity contribution in [2.24, 2.45) is 5.92 Å². The topological polar surface area (TPSA) is 68.1 Å². The molecule has 0 radical (unpaired) electrons. The van der Waals surface area contributed by atoms with E-state index >= 15 is 0 Å². The Hall–Kier alpha value is -2.14. The molecule has 1 aliphatic carbocycles. The maximum atomic E-state index is 10.6. The van der Waals surface area contributed by atoms with E-state index in [4.69, 9.17) is 11.6 Å². The van der Waals surface area contributed by atoms with Gasteiger partial charge < -0.3 is 5.32 Å². The lowest BCUT2D eigenvalue weighted by molar-refractivity contribution is -0.385. The van der Waals surface area contributed by atoms with E-state index in [2.05, 4.69) is 22.4 Å². The lowest BCUT2D eigenvalue weighted by atomic mass is 10.1. The molecule has 108 valence electrons. The summed E-state index contributed by atoms with van der Waals surface area (Å²) in [5, 5.41) is 14.1. The minimum Gasteiger partial charge on any atom is -0.369 e. The van der Waals surface area contributed by atoms with E-state index in [1.165, 1.54) is 17.8 Å². The SMILES string of the molecule is O=[N+]([O-])c1cnc(NCC2CC2c2ccccc2)c(Cl)c1. The van der Waals surface area contributed by atoms with Crippen molar-refractivity contribution in [1.29, 1.82) is 0 Å². The van der Waals surface area contributed by atoms with Gasteiger partial charge in [0, 0.05) is 12.6 Å². The largest absolute Gasteiger partial charge is 0.369 e. The third kappa shape index (κ3) is 3.13. The fourth-order valence-electron chi connectivity index (χ4n) is 2.47. The Bertz CT molecular complexity index is 663. The highest BCUT2D eigenvalue weighted by atomic mass is 35.5. The van der Waals surface area contributed by atoms with Gasteiger partial charge in [0.05, 0.1) is 9.95 Å². The minimum absolute atomic E-state index is 0.0980. The smallest absolute Gasteiger partial charge is 0.289 e. The van der Waals surface area contributed by atoms with Gasteiger partial charge in [0.15, 0.2) is 0 Å². The molecule has 1 aromatic heterocycles. The molecule has 6 heteroatoms. The maximum absolute atomic E-state index is 10.6. The van der Waals surface area contributed by atoms with Gasteiger partial charge in [-0.05, 0) is 23.8 Å². The van der Waals surface area contributed by atoms with E-state index in [1.807, 2.05) is 18.2 Å². The number of nitrogens with one attached hydrogen (secondary N) is 1. The van der Waals surface area contributed by atoms with Gasteiger partial charge in [-0.3, -0.25) is 10.1 Å². The first-order valence-corrected chi connectivity index (χ1v) is 7.11. The predicted molar refractivity (Wildman–Crippen MR) is 81.7 cm³/mol. The molecule has 0 saturated heterocycles. The summed E-state index contributed by atoms with van der Waals surface area (Å²) in [6, 6.07) is 11.7. The van der Waals surface area contributed by atoms with Crippen LogP contribution in [-0.2, 0) is 0 Å². The molecule has 2 aromatic rings. The van der Waals surface area contributed by atoms with Crippen molar-refractivity contribution >= 4 is 23.1 Å². The van der Waals surface area contributed by atoms with Gasteiger partial charge in [0.1, 0.15) is 12.0 Å². The number of hydrogen-bond acceptors (Lipinski definition) is 4. The molecule has 5 nitrogen and oxygen atoms in total. The monoisotopic (exact) mass is 303 g/mol. The summed E-state index contributed by atoms with van der Waals surface area (Å²) in [7, 11) is 0. The lowest BCUT2D eigenvalue weighted by Crippen LogP contribution is -2.07. The fraction of sp³-hybridized carbons (Fsp3) is 0.267. The predicted octanol–water partition coefficient (Wildman–Crippen LogP) is 3.86. The summed E-state index contributed by atoms with van der Waals surface area (Å²) < 4.78 is 0.